The van der Waals surface area contributed by atoms with Gasteiger partial charge in [0.15, 0.2) is 24.7 Å². The Morgan fingerprint density at radius 1 is 0.758 bits per heavy atom. The number of hydrogen-bond acceptors (Lipinski definition) is 1. The first-order valence-corrected chi connectivity index (χ1v) is 11.7. The topological polar surface area (TPSA) is 3.24 Å². The van der Waals surface area contributed by atoms with Gasteiger partial charge in [-0.25, -0.2) is 30.7 Å². The first-order valence-electron chi connectivity index (χ1n) is 11.7. The van der Waals surface area contributed by atoms with Crippen molar-refractivity contribution >= 4 is 5.69 Å². The molecule has 1 rings (SSSR count). The van der Waals surface area contributed by atoms with E-state index in [9.17, 15) is 35.1 Å². The van der Waals surface area contributed by atoms with Crippen molar-refractivity contribution in [3.63, 3.8) is 0 Å². The van der Waals surface area contributed by atoms with E-state index in [2.05, 4.69) is 6.92 Å². The SMILES string of the molecule is CCCCCCCCCN(CC(F)C(F)C(F)C(F)C(F)CCCF)c1ccc(F)cc1F. The third kappa shape index (κ3) is 10.5. The third-order valence-electron chi connectivity index (χ3n) is 5.59. The molecule has 33 heavy (non-hydrogen) atoms. The number of anilines is 1. The quantitative estimate of drug-likeness (QED) is 0.149. The van der Waals surface area contributed by atoms with Crippen molar-refractivity contribution in [3.05, 3.63) is 29.8 Å². The van der Waals surface area contributed by atoms with Crippen molar-refractivity contribution < 1.29 is 35.1 Å². The Labute approximate surface area is 191 Å². The van der Waals surface area contributed by atoms with Crippen molar-refractivity contribution in [2.45, 2.75) is 95.6 Å². The van der Waals surface area contributed by atoms with E-state index in [0.29, 0.717) is 12.5 Å². The zero-order chi connectivity index (χ0) is 24.8. The highest BCUT2D eigenvalue weighted by molar-refractivity contribution is 5.48. The molecule has 0 saturated heterocycles. The maximum absolute atomic E-state index is 14.6. The summed E-state index contributed by atoms with van der Waals surface area (Å²) in [5, 5.41) is 0. The lowest BCUT2D eigenvalue weighted by atomic mass is 10.0. The number of alkyl halides is 6. The summed E-state index contributed by atoms with van der Waals surface area (Å²) >= 11 is 0. The number of halogens is 8. The second-order valence-electron chi connectivity index (χ2n) is 8.36. The molecular formula is C24H35F8N. The van der Waals surface area contributed by atoms with Gasteiger partial charge in [-0.15, -0.1) is 0 Å². The van der Waals surface area contributed by atoms with E-state index in [-0.39, 0.29) is 18.7 Å². The van der Waals surface area contributed by atoms with Crippen LogP contribution >= 0.6 is 0 Å². The van der Waals surface area contributed by atoms with E-state index in [1.54, 1.807) is 0 Å². The molecule has 0 spiro atoms. The summed E-state index contributed by atoms with van der Waals surface area (Å²) in [7, 11) is 0. The van der Waals surface area contributed by atoms with Crippen molar-refractivity contribution in [2.75, 3.05) is 24.7 Å². The maximum atomic E-state index is 14.6. The normalized spacial score (nSPS) is 16.3. The van der Waals surface area contributed by atoms with E-state index in [1.165, 1.54) is 0 Å². The van der Waals surface area contributed by atoms with Gasteiger partial charge in [-0.05, 0) is 31.4 Å². The van der Waals surface area contributed by atoms with Gasteiger partial charge in [0.25, 0.3) is 0 Å². The Morgan fingerprint density at radius 3 is 1.97 bits per heavy atom. The summed E-state index contributed by atoms with van der Waals surface area (Å²) in [5.74, 6) is -1.84. The van der Waals surface area contributed by atoms with Crippen LogP contribution < -0.4 is 4.90 Å². The van der Waals surface area contributed by atoms with Crippen molar-refractivity contribution in [1.29, 1.82) is 0 Å². The van der Waals surface area contributed by atoms with Gasteiger partial charge in [0, 0.05) is 12.6 Å². The standard InChI is InChI=1S/C24H35F8N/c1-2-3-4-5-6-7-8-14-33(21-12-11-17(26)15-19(21)28)16-20(29)23(31)24(32)22(30)18(27)10-9-13-25/h11-12,15,18,20,22-24H,2-10,13-14,16H2,1H3. The van der Waals surface area contributed by atoms with E-state index in [0.717, 1.165) is 55.6 Å². The number of hydrogen-bond donors (Lipinski definition) is 0. The van der Waals surface area contributed by atoms with Crippen LogP contribution in [0.5, 0.6) is 0 Å². The third-order valence-corrected chi connectivity index (χ3v) is 5.59. The molecule has 0 aliphatic rings. The molecule has 1 aromatic carbocycles. The van der Waals surface area contributed by atoms with Crippen molar-refractivity contribution in [3.8, 4) is 0 Å². The molecule has 0 aliphatic heterocycles. The molecule has 0 fully saturated rings. The van der Waals surface area contributed by atoms with Crippen LogP contribution in [0.25, 0.3) is 0 Å². The summed E-state index contributed by atoms with van der Waals surface area (Å²) in [4.78, 5) is 1.13. The van der Waals surface area contributed by atoms with Crippen LogP contribution in [-0.2, 0) is 0 Å². The van der Waals surface area contributed by atoms with Crippen molar-refractivity contribution in [2.24, 2.45) is 0 Å². The van der Waals surface area contributed by atoms with E-state index in [1.807, 2.05) is 0 Å². The first kappa shape index (κ1) is 29.5. The maximum Gasteiger partial charge on any atom is 0.168 e. The van der Waals surface area contributed by atoms with Gasteiger partial charge in [0.1, 0.15) is 17.8 Å². The lowest BCUT2D eigenvalue weighted by molar-refractivity contribution is 0.000448. The van der Waals surface area contributed by atoms with Gasteiger partial charge in [-0.1, -0.05) is 45.4 Å². The number of benzene rings is 1. The molecule has 0 amide bonds. The van der Waals surface area contributed by atoms with E-state index >= 15 is 0 Å². The Morgan fingerprint density at radius 2 is 1.36 bits per heavy atom. The first-order chi connectivity index (χ1) is 15.7. The molecule has 0 aliphatic carbocycles. The predicted molar refractivity (Wildman–Crippen MR) is 116 cm³/mol. The van der Waals surface area contributed by atoms with Gasteiger partial charge in [-0.2, -0.15) is 0 Å². The van der Waals surface area contributed by atoms with Crippen LogP contribution in [-0.4, -0.2) is 50.6 Å². The molecule has 1 nitrogen and oxygen atoms in total. The Balaban J connectivity index is 2.77. The Hall–Kier alpha value is -1.54. The largest absolute Gasteiger partial charge is 0.366 e. The van der Waals surface area contributed by atoms with Gasteiger partial charge in [0.2, 0.25) is 0 Å². The van der Waals surface area contributed by atoms with Crippen LogP contribution in [0.4, 0.5) is 40.8 Å². The molecule has 0 N–H and O–H groups in total. The fourth-order valence-electron chi connectivity index (χ4n) is 3.62. The highest BCUT2D eigenvalue weighted by atomic mass is 19.2. The smallest absolute Gasteiger partial charge is 0.168 e. The molecule has 5 atom stereocenters. The van der Waals surface area contributed by atoms with Gasteiger partial charge in [-0.3, -0.25) is 4.39 Å². The second-order valence-corrected chi connectivity index (χ2v) is 8.36. The predicted octanol–water partition coefficient (Wildman–Crippen LogP) is 7.96. The molecule has 0 saturated carbocycles. The van der Waals surface area contributed by atoms with Crippen LogP contribution in [0.2, 0.25) is 0 Å². The number of nitrogens with zero attached hydrogens (tertiary/aromatic N) is 1. The Kier molecular flexibility index (Phi) is 14.4. The van der Waals surface area contributed by atoms with Crippen LogP contribution in [0.15, 0.2) is 18.2 Å². The Bertz CT molecular complexity index is 647. The van der Waals surface area contributed by atoms with Crippen LogP contribution in [0, 0.1) is 11.6 Å². The molecule has 0 bridgehead atoms. The summed E-state index contributed by atoms with van der Waals surface area (Å²) in [6, 6.07) is 2.64. The average Bonchev–Trinajstić information content (AvgIpc) is 2.79. The molecule has 0 heterocycles. The lowest BCUT2D eigenvalue weighted by Gasteiger charge is -2.29. The second kappa shape index (κ2) is 16.1. The van der Waals surface area contributed by atoms with Gasteiger partial charge < -0.3 is 4.90 Å². The minimum Gasteiger partial charge on any atom is -0.366 e. The van der Waals surface area contributed by atoms with E-state index in [4.69, 9.17) is 0 Å². The minimum absolute atomic E-state index is 0.0989. The molecular weight excluding hydrogens is 454 g/mol. The van der Waals surface area contributed by atoms with Crippen LogP contribution in [0.1, 0.15) is 64.7 Å². The molecule has 5 unspecified atom stereocenters. The number of unbranched alkanes of at least 4 members (excludes halogenated alkanes) is 6. The fraction of sp³-hybridized carbons (Fsp3) is 0.750. The molecule has 0 aromatic heterocycles. The zero-order valence-electron chi connectivity index (χ0n) is 19.1. The highest BCUT2D eigenvalue weighted by Crippen LogP contribution is 2.27. The number of rotatable bonds is 18. The zero-order valence-corrected chi connectivity index (χ0v) is 19.1. The van der Waals surface area contributed by atoms with Crippen molar-refractivity contribution in [1.82, 2.24) is 0 Å². The summed E-state index contributed by atoms with van der Waals surface area (Å²) in [6.45, 7) is 0.438. The molecule has 0 radical (unpaired) electrons. The van der Waals surface area contributed by atoms with Gasteiger partial charge in [0.05, 0.1) is 18.9 Å². The monoisotopic (exact) mass is 489 g/mol. The molecule has 1 aromatic rings. The highest BCUT2D eigenvalue weighted by Gasteiger charge is 2.40. The lowest BCUT2D eigenvalue weighted by Crippen LogP contribution is -2.44. The summed E-state index contributed by atoms with van der Waals surface area (Å²) < 4.78 is 110. The fourth-order valence-corrected chi connectivity index (χ4v) is 3.62. The molecule has 192 valence electrons. The van der Waals surface area contributed by atoms with E-state index < -0.39 is 62.1 Å². The summed E-state index contributed by atoms with van der Waals surface area (Å²) in [5.41, 5.74) is -0.184. The molecule has 9 heteroatoms. The summed E-state index contributed by atoms with van der Waals surface area (Å²) in [6.07, 6.45) is -8.64. The van der Waals surface area contributed by atoms with Gasteiger partial charge >= 0.3 is 0 Å². The average molecular weight is 490 g/mol. The minimum atomic E-state index is -3.09. The van der Waals surface area contributed by atoms with Crippen LogP contribution in [0.3, 0.4) is 0 Å².